The summed E-state index contributed by atoms with van der Waals surface area (Å²) in [4.78, 5) is 16.9. The lowest BCUT2D eigenvalue weighted by molar-refractivity contribution is -0.150. The van der Waals surface area contributed by atoms with Crippen LogP contribution in [0.2, 0.25) is 5.02 Å². The second-order valence-corrected chi connectivity index (χ2v) is 19.0. The summed E-state index contributed by atoms with van der Waals surface area (Å²) in [5.41, 5.74) is -1.80. The fourth-order valence-corrected chi connectivity index (χ4v) is 10.2. The first-order valence-corrected chi connectivity index (χ1v) is 23.0. The van der Waals surface area contributed by atoms with E-state index in [1.807, 2.05) is 24.0 Å². The molecule has 0 amide bonds. The molecule has 4 heterocycles. The minimum absolute atomic E-state index is 0.0497. The molecule has 7 rings (SSSR count). The summed E-state index contributed by atoms with van der Waals surface area (Å²) in [5, 5.41) is 15.7. The summed E-state index contributed by atoms with van der Waals surface area (Å²) in [6, 6.07) is 15.7. The molecule has 1 aromatic heterocycles. The second-order valence-electron chi connectivity index (χ2n) is 15.8. The van der Waals surface area contributed by atoms with E-state index < -0.39 is 21.3 Å². The number of nitrogens with zero attached hydrogens (tertiary/aromatic N) is 6. The molecule has 0 aliphatic carbocycles. The minimum atomic E-state index is -4.64. The van der Waals surface area contributed by atoms with Gasteiger partial charge in [-0.2, -0.15) is 13.2 Å². The van der Waals surface area contributed by atoms with Crippen LogP contribution < -0.4 is 10.0 Å². The number of nitrogens with one attached hydrogen (secondary N) is 2. The molecule has 0 spiro atoms. The number of alkyl halides is 3. The molecule has 4 aromatic rings. The maximum Gasteiger partial charge on any atom is 0.446 e. The number of halogens is 5. The number of sulfonamides is 1. The zero-order valence-corrected chi connectivity index (χ0v) is 36.1. The van der Waals surface area contributed by atoms with E-state index in [0.717, 1.165) is 62.0 Å². The van der Waals surface area contributed by atoms with Gasteiger partial charge in [-0.3, -0.25) is 14.5 Å². The number of hydrogen-bond donors (Lipinski definition) is 3. The quantitative estimate of drug-likeness (QED) is 0.0863. The van der Waals surface area contributed by atoms with Gasteiger partial charge in [0.15, 0.2) is 0 Å². The third kappa shape index (κ3) is 11.1. The van der Waals surface area contributed by atoms with Gasteiger partial charge in [-0.25, -0.2) is 22.8 Å². The van der Waals surface area contributed by atoms with Gasteiger partial charge in [0.2, 0.25) is 0 Å². The first-order chi connectivity index (χ1) is 28.6. The Balaban J connectivity index is 0.986. The van der Waals surface area contributed by atoms with Crippen LogP contribution in [-0.2, 0) is 29.5 Å². The Hall–Kier alpha value is -3.55. The van der Waals surface area contributed by atoms with Crippen molar-refractivity contribution in [1.29, 1.82) is 0 Å². The van der Waals surface area contributed by atoms with Crippen molar-refractivity contribution >= 4 is 44.9 Å². The molecular weight excluding hydrogens is 840 g/mol. The fourth-order valence-electron chi connectivity index (χ4n) is 8.26. The first kappa shape index (κ1) is 44.5. The number of thioether (sulfide) groups is 1. The van der Waals surface area contributed by atoms with Gasteiger partial charge in [-0.1, -0.05) is 36.7 Å². The molecule has 0 radical (unpaired) electrons. The average molecular weight is 892 g/mol. The van der Waals surface area contributed by atoms with Crippen molar-refractivity contribution in [2.75, 3.05) is 68.9 Å². The molecule has 3 aliphatic rings. The SMILES string of the molecule is CCN1CCN(CC[C@H](C)Nc2ccc(S(=O)(=O)Nc3ncnc4c3CCN(C3(O)CCN(Cc5cc(F)ccc5-c5ccc(Cl)cc5)CC3)C4)cc2SC(F)(F)F)CC1. The minimum Gasteiger partial charge on any atom is -0.382 e. The van der Waals surface area contributed by atoms with Crippen LogP contribution in [0.5, 0.6) is 0 Å². The highest BCUT2D eigenvalue weighted by Crippen LogP contribution is 2.42. The summed E-state index contributed by atoms with van der Waals surface area (Å²) in [6.45, 7) is 12.0. The number of fused-ring (bicyclic) bond motifs is 1. The largest absolute Gasteiger partial charge is 0.446 e. The zero-order valence-electron chi connectivity index (χ0n) is 33.7. The van der Waals surface area contributed by atoms with Gasteiger partial charge in [0.05, 0.1) is 10.6 Å². The molecule has 2 saturated heterocycles. The molecule has 18 heteroatoms. The standard InChI is InChI=1S/C42H51ClF4N8O3S2/c1-3-52-20-22-53(23-21-52)16-12-29(2)50-37-11-9-34(25-39(37)59-42(45,46)47)60(57,58)51-40-36-13-17-55(27-38(36)48-28-49-40)41(56)14-18-54(19-15-41)26-31-24-33(44)8-10-35(31)30-4-6-32(43)7-5-30/h4-11,24-25,28-29,50,56H,3,12-23,26-27H2,1-2H3,(H,48,49,51)/t29-/m0/s1. The van der Waals surface area contributed by atoms with Crippen LogP contribution in [0.3, 0.4) is 0 Å². The lowest BCUT2D eigenvalue weighted by Crippen LogP contribution is -2.56. The van der Waals surface area contributed by atoms with E-state index in [4.69, 9.17) is 11.6 Å². The highest BCUT2D eigenvalue weighted by atomic mass is 35.5. The molecule has 0 saturated carbocycles. The summed E-state index contributed by atoms with van der Waals surface area (Å²) >= 11 is 5.74. The van der Waals surface area contributed by atoms with E-state index in [0.29, 0.717) is 68.1 Å². The fraction of sp³-hybridized carbons (Fsp3) is 0.476. The van der Waals surface area contributed by atoms with Gasteiger partial charge >= 0.3 is 5.51 Å². The van der Waals surface area contributed by atoms with Crippen LogP contribution in [0.1, 0.15) is 49.9 Å². The van der Waals surface area contributed by atoms with Crippen molar-refractivity contribution < 1.29 is 31.1 Å². The molecule has 324 valence electrons. The maximum absolute atomic E-state index is 14.4. The Morgan fingerprint density at radius 1 is 0.933 bits per heavy atom. The summed E-state index contributed by atoms with van der Waals surface area (Å²) in [6.07, 6.45) is 3.14. The zero-order chi connectivity index (χ0) is 42.7. The molecule has 11 nitrogen and oxygen atoms in total. The number of anilines is 2. The van der Waals surface area contributed by atoms with Crippen molar-refractivity contribution in [1.82, 2.24) is 29.6 Å². The number of hydrogen-bond acceptors (Lipinski definition) is 11. The van der Waals surface area contributed by atoms with Crippen LogP contribution in [-0.4, -0.2) is 119 Å². The average Bonchev–Trinajstić information content (AvgIpc) is 3.21. The number of piperazine rings is 1. The number of likely N-dealkylation sites (tertiary alicyclic amines) is 1. The van der Waals surface area contributed by atoms with Gasteiger partial charge in [0.25, 0.3) is 10.0 Å². The third-order valence-electron chi connectivity index (χ3n) is 11.8. The number of benzene rings is 3. The molecule has 3 aliphatic heterocycles. The Bertz CT molecular complexity index is 2220. The Labute approximate surface area is 358 Å². The van der Waals surface area contributed by atoms with Crippen molar-refractivity contribution in [3.63, 3.8) is 0 Å². The molecule has 3 N–H and O–H groups in total. The Morgan fingerprint density at radius 2 is 1.65 bits per heavy atom. The van der Waals surface area contributed by atoms with Gasteiger partial charge in [-0.15, -0.1) is 0 Å². The van der Waals surface area contributed by atoms with Crippen LogP contribution >= 0.6 is 23.4 Å². The molecule has 1 atom stereocenters. The van der Waals surface area contributed by atoms with E-state index in [2.05, 4.69) is 41.6 Å². The van der Waals surface area contributed by atoms with Crippen molar-refractivity contribution in [3.8, 4) is 11.1 Å². The van der Waals surface area contributed by atoms with Gasteiger partial charge in [0, 0.05) is 106 Å². The smallest absolute Gasteiger partial charge is 0.382 e. The number of piperidine rings is 1. The Morgan fingerprint density at radius 3 is 2.35 bits per heavy atom. The van der Waals surface area contributed by atoms with Crippen molar-refractivity contribution in [2.24, 2.45) is 0 Å². The lowest BCUT2D eigenvalue weighted by atomic mass is 9.93. The predicted octanol–water partition coefficient (Wildman–Crippen LogP) is 7.52. The van der Waals surface area contributed by atoms with Crippen molar-refractivity contribution in [3.05, 3.63) is 94.7 Å². The predicted molar refractivity (Wildman–Crippen MR) is 228 cm³/mol. The Kier molecular flexibility index (Phi) is 14.0. The highest BCUT2D eigenvalue weighted by molar-refractivity contribution is 8.00. The van der Waals surface area contributed by atoms with Crippen LogP contribution in [0.25, 0.3) is 11.1 Å². The van der Waals surface area contributed by atoms with E-state index in [1.54, 1.807) is 24.3 Å². The monoisotopic (exact) mass is 890 g/mol. The van der Waals surface area contributed by atoms with Crippen LogP contribution in [0.4, 0.5) is 29.1 Å². The molecule has 0 bridgehead atoms. The molecular formula is C42H51ClF4N8O3S2. The maximum atomic E-state index is 14.4. The molecule has 0 unspecified atom stereocenters. The van der Waals surface area contributed by atoms with E-state index >= 15 is 0 Å². The van der Waals surface area contributed by atoms with Crippen LogP contribution in [0.15, 0.2) is 76.8 Å². The van der Waals surface area contributed by atoms with E-state index in [-0.39, 0.29) is 51.5 Å². The summed E-state index contributed by atoms with van der Waals surface area (Å²) < 4.78 is 85.7. The number of rotatable bonds is 14. The van der Waals surface area contributed by atoms with Gasteiger partial charge in [0.1, 0.15) is 23.7 Å². The third-order valence-corrected chi connectivity index (χ3v) is 14.2. The molecule has 60 heavy (non-hydrogen) atoms. The first-order valence-electron chi connectivity index (χ1n) is 20.3. The summed E-state index contributed by atoms with van der Waals surface area (Å²) in [5.74, 6) is -0.274. The van der Waals surface area contributed by atoms with Crippen molar-refractivity contribution in [2.45, 2.75) is 79.7 Å². The lowest BCUT2D eigenvalue weighted by Gasteiger charge is -2.46. The van der Waals surface area contributed by atoms with Gasteiger partial charge in [-0.05, 0) is 97.2 Å². The highest BCUT2D eigenvalue weighted by Gasteiger charge is 2.40. The van der Waals surface area contributed by atoms with Crippen LogP contribution in [0, 0.1) is 5.82 Å². The summed E-state index contributed by atoms with van der Waals surface area (Å²) in [7, 11) is -4.36. The van der Waals surface area contributed by atoms with E-state index in [1.165, 1.54) is 24.5 Å². The topological polar surface area (TPSA) is 117 Å². The number of aliphatic hydroxyl groups is 1. The number of aromatic nitrogens is 2. The normalized spacial score (nSPS) is 18.9. The molecule has 2 fully saturated rings. The van der Waals surface area contributed by atoms with E-state index in [9.17, 15) is 31.1 Å². The second kappa shape index (κ2) is 18.8. The van der Waals surface area contributed by atoms with Gasteiger partial charge < -0.3 is 20.2 Å². The number of likely N-dealkylation sites (N-methyl/N-ethyl adjacent to an activating group) is 1. The molecule has 3 aromatic carbocycles.